The summed E-state index contributed by atoms with van der Waals surface area (Å²) in [6, 6.07) is 8.00. The number of aliphatic hydroxyl groups is 1. The lowest BCUT2D eigenvalue weighted by Crippen LogP contribution is -2.36. The molecule has 4 heteroatoms. The predicted octanol–water partition coefficient (Wildman–Crippen LogP) is 1.36. The second-order valence-electron chi connectivity index (χ2n) is 5.12. The van der Waals surface area contributed by atoms with Crippen LogP contribution in [0.5, 0.6) is 0 Å². The van der Waals surface area contributed by atoms with Gasteiger partial charge in [-0.05, 0) is 18.1 Å². The fourth-order valence-electron chi connectivity index (χ4n) is 3.36. The Morgan fingerprint density at radius 1 is 1.33 bits per heavy atom. The number of amides is 1. The van der Waals surface area contributed by atoms with Gasteiger partial charge in [0.25, 0.3) is 0 Å². The third-order valence-corrected chi connectivity index (χ3v) is 4.15. The van der Waals surface area contributed by atoms with E-state index in [1.54, 1.807) is 0 Å². The van der Waals surface area contributed by atoms with Crippen LogP contribution in [0, 0.1) is 0 Å². The van der Waals surface area contributed by atoms with Gasteiger partial charge in [0.05, 0.1) is 18.6 Å². The van der Waals surface area contributed by atoms with Crippen LogP contribution in [0.1, 0.15) is 23.7 Å². The van der Waals surface area contributed by atoms with E-state index in [4.69, 9.17) is 0 Å². The molecule has 4 rings (SSSR count). The molecule has 4 nitrogen and oxygen atoms in total. The maximum Gasteiger partial charge on any atom is 0.225 e. The van der Waals surface area contributed by atoms with Crippen molar-refractivity contribution in [3.63, 3.8) is 0 Å². The SMILES string of the molecule is O=C1C[C@@H](O)[C@@H]2c3[nH]c4ccccc4c3CCN12. The number of benzene rings is 1. The minimum absolute atomic E-state index is 0.0665. The third-order valence-electron chi connectivity index (χ3n) is 4.15. The van der Waals surface area contributed by atoms with E-state index in [-0.39, 0.29) is 18.4 Å². The van der Waals surface area contributed by atoms with Gasteiger partial charge in [0.1, 0.15) is 0 Å². The lowest BCUT2D eigenvalue weighted by molar-refractivity contribution is -0.129. The van der Waals surface area contributed by atoms with E-state index in [0.717, 1.165) is 24.2 Å². The molecule has 1 amide bonds. The molecule has 2 atom stereocenters. The van der Waals surface area contributed by atoms with Crippen LogP contribution in [0.15, 0.2) is 24.3 Å². The molecule has 2 aliphatic heterocycles. The quantitative estimate of drug-likeness (QED) is 0.733. The molecule has 0 aliphatic carbocycles. The number of carbonyl (C=O) groups is 1. The minimum Gasteiger partial charge on any atom is -0.390 e. The topological polar surface area (TPSA) is 56.3 Å². The van der Waals surface area contributed by atoms with Crippen molar-refractivity contribution in [3.8, 4) is 0 Å². The molecule has 18 heavy (non-hydrogen) atoms. The number of para-hydroxylation sites is 1. The van der Waals surface area contributed by atoms with Crippen molar-refractivity contribution in [1.29, 1.82) is 0 Å². The van der Waals surface area contributed by atoms with Gasteiger partial charge in [0, 0.05) is 23.1 Å². The first kappa shape index (κ1) is 10.1. The van der Waals surface area contributed by atoms with Crippen molar-refractivity contribution in [2.45, 2.75) is 25.0 Å². The third kappa shape index (κ3) is 1.16. The van der Waals surface area contributed by atoms with Crippen molar-refractivity contribution >= 4 is 16.8 Å². The van der Waals surface area contributed by atoms with Crippen LogP contribution in [-0.4, -0.2) is 33.5 Å². The van der Waals surface area contributed by atoms with Crippen molar-refractivity contribution < 1.29 is 9.90 Å². The molecule has 1 saturated heterocycles. The number of hydrogen-bond donors (Lipinski definition) is 2. The molecular formula is C14H14N2O2. The Morgan fingerprint density at radius 2 is 2.17 bits per heavy atom. The minimum atomic E-state index is -0.579. The Morgan fingerprint density at radius 3 is 3.06 bits per heavy atom. The number of aromatic nitrogens is 1. The lowest BCUT2D eigenvalue weighted by Gasteiger charge is -2.31. The highest BCUT2D eigenvalue weighted by Crippen LogP contribution is 2.40. The summed E-state index contributed by atoms with van der Waals surface area (Å²) in [6.07, 6.45) is 0.540. The molecular weight excluding hydrogens is 228 g/mol. The number of nitrogens with one attached hydrogen (secondary N) is 1. The molecule has 3 heterocycles. The predicted molar refractivity (Wildman–Crippen MR) is 67.1 cm³/mol. The first-order valence-electron chi connectivity index (χ1n) is 6.33. The molecule has 2 aromatic rings. The zero-order valence-electron chi connectivity index (χ0n) is 9.89. The number of H-pyrrole nitrogens is 1. The van der Waals surface area contributed by atoms with Gasteiger partial charge in [-0.25, -0.2) is 0 Å². The molecule has 0 saturated carbocycles. The van der Waals surface area contributed by atoms with Gasteiger partial charge >= 0.3 is 0 Å². The zero-order valence-corrected chi connectivity index (χ0v) is 9.89. The second-order valence-corrected chi connectivity index (χ2v) is 5.12. The molecule has 0 bridgehead atoms. The van der Waals surface area contributed by atoms with E-state index in [1.165, 1.54) is 10.9 Å². The zero-order chi connectivity index (χ0) is 12.3. The van der Waals surface area contributed by atoms with E-state index in [1.807, 2.05) is 23.1 Å². The lowest BCUT2D eigenvalue weighted by atomic mass is 9.96. The first-order valence-corrected chi connectivity index (χ1v) is 6.33. The van der Waals surface area contributed by atoms with Crippen LogP contribution in [0.4, 0.5) is 0 Å². The summed E-state index contributed by atoms with van der Waals surface area (Å²) in [5, 5.41) is 11.3. The number of aromatic amines is 1. The van der Waals surface area contributed by atoms with Crippen molar-refractivity contribution in [2.75, 3.05) is 6.54 Å². The molecule has 1 fully saturated rings. The van der Waals surface area contributed by atoms with Crippen molar-refractivity contribution in [2.24, 2.45) is 0 Å². The Labute approximate surface area is 104 Å². The maximum absolute atomic E-state index is 11.8. The van der Waals surface area contributed by atoms with E-state index < -0.39 is 6.10 Å². The summed E-state index contributed by atoms with van der Waals surface area (Å²) in [5.41, 5.74) is 3.39. The second kappa shape index (κ2) is 3.36. The number of fused-ring (bicyclic) bond motifs is 5. The fourth-order valence-corrected chi connectivity index (χ4v) is 3.36. The van der Waals surface area contributed by atoms with Crippen LogP contribution < -0.4 is 0 Å². The molecule has 0 spiro atoms. The molecule has 2 N–H and O–H groups in total. The normalized spacial score (nSPS) is 26.5. The van der Waals surface area contributed by atoms with Gasteiger partial charge in [-0.3, -0.25) is 4.79 Å². The monoisotopic (exact) mass is 242 g/mol. The van der Waals surface area contributed by atoms with Crippen LogP contribution in [0.3, 0.4) is 0 Å². The van der Waals surface area contributed by atoms with Gasteiger partial charge in [-0.2, -0.15) is 0 Å². The summed E-state index contributed by atoms with van der Waals surface area (Å²) in [4.78, 5) is 17.0. The smallest absolute Gasteiger partial charge is 0.225 e. The number of aliphatic hydroxyl groups excluding tert-OH is 1. The number of hydrogen-bond acceptors (Lipinski definition) is 2. The molecule has 0 radical (unpaired) electrons. The van der Waals surface area contributed by atoms with Crippen LogP contribution in [-0.2, 0) is 11.2 Å². The van der Waals surface area contributed by atoms with E-state index in [9.17, 15) is 9.90 Å². The van der Waals surface area contributed by atoms with Crippen LogP contribution in [0.2, 0.25) is 0 Å². The average Bonchev–Trinajstić information content (AvgIpc) is 2.88. The maximum atomic E-state index is 11.8. The largest absolute Gasteiger partial charge is 0.390 e. The van der Waals surface area contributed by atoms with Crippen molar-refractivity contribution in [1.82, 2.24) is 9.88 Å². The Bertz CT molecular complexity index is 646. The van der Waals surface area contributed by atoms with Crippen LogP contribution in [0.25, 0.3) is 10.9 Å². The Balaban J connectivity index is 1.95. The molecule has 0 unspecified atom stereocenters. The molecule has 1 aromatic carbocycles. The average molecular weight is 242 g/mol. The van der Waals surface area contributed by atoms with E-state index in [2.05, 4.69) is 11.1 Å². The first-order chi connectivity index (χ1) is 8.75. The van der Waals surface area contributed by atoms with Gasteiger partial charge < -0.3 is 15.0 Å². The Kier molecular flexibility index (Phi) is 1.89. The summed E-state index contributed by atoms with van der Waals surface area (Å²) in [7, 11) is 0. The highest BCUT2D eigenvalue weighted by atomic mass is 16.3. The van der Waals surface area contributed by atoms with E-state index in [0.29, 0.717) is 0 Å². The van der Waals surface area contributed by atoms with Crippen molar-refractivity contribution in [3.05, 3.63) is 35.5 Å². The standard InChI is InChI=1S/C14H14N2O2/c17-11-7-12(18)16-6-5-9-8-3-1-2-4-10(8)15-13(9)14(11)16/h1-4,11,14-15,17H,5-7H2/t11-,14-/m1/s1. The number of carbonyl (C=O) groups excluding carboxylic acids is 1. The summed E-state index contributed by atoms with van der Waals surface area (Å²) < 4.78 is 0. The highest BCUT2D eigenvalue weighted by molar-refractivity contribution is 5.87. The Hall–Kier alpha value is -1.81. The summed E-state index contributed by atoms with van der Waals surface area (Å²) in [5.74, 6) is 0.0665. The van der Waals surface area contributed by atoms with Gasteiger partial charge in [0.15, 0.2) is 0 Å². The number of nitrogens with zero attached hydrogens (tertiary/aromatic N) is 1. The fraction of sp³-hybridized carbons (Fsp3) is 0.357. The molecule has 92 valence electrons. The van der Waals surface area contributed by atoms with Gasteiger partial charge in [-0.1, -0.05) is 18.2 Å². The van der Waals surface area contributed by atoms with Gasteiger partial charge in [-0.15, -0.1) is 0 Å². The highest BCUT2D eigenvalue weighted by Gasteiger charge is 2.43. The summed E-state index contributed by atoms with van der Waals surface area (Å²) >= 11 is 0. The van der Waals surface area contributed by atoms with E-state index >= 15 is 0 Å². The molecule has 2 aliphatic rings. The molecule has 1 aromatic heterocycles. The van der Waals surface area contributed by atoms with Crippen LogP contribution >= 0.6 is 0 Å². The summed E-state index contributed by atoms with van der Waals surface area (Å²) in [6.45, 7) is 0.718. The number of rotatable bonds is 0. The van der Waals surface area contributed by atoms with Gasteiger partial charge in [0.2, 0.25) is 5.91 Å².